The van der Waals surface area contributed by atoms with Crippen LogP contribution in [0.2, 0.25) is 0 Å². The number of nitrogens with one attached hydrogen (secondary N) is 2. The third kappa shape index (κ3) is 12.6. The molecule has 2 aliphatic rings. The molecule has 0 bridgehead atoms. The Labute approximate surface area is 278 Å². The summed E-state index contributed by atoms with van der Waals surface area (Å²) in [5, 5.41) is 7.52. The van der Waals surface area contributed by atoms with Gasteiger partial charge in [0.15, 0.2) is 0 Å². The second kappa shape index (κ2) is 13.9. The molecule has 45 heavy (non-hydrogen) atoms. The van der Waals surface area contributed by atoms with Gasteiger partial charge in [-0.3, -0.25) is 0 Å². The lowest BCUT2D eigenvalue weighted by molar-refractivity contribution is 0.0805. The second-order valence-electron chi connectivity index (χ2n) is 19.9. The average molecular weight is 628 g/mol. The fraction of sp³-hybridized carbons (Fsp3) is 0.921. The van der Waals surface area contributed by atoms with Crippen molar-refractivity contribution in [2.75, 3.05) is 30.4 Å². The van der Waals surface area contributed by atoms with E-state index >= 15 is 0 Å². The van der Waals surface area contributed by atoms with Crippen molar-refractivity contribution in [3.63, 3.8) is 0 Å². The molecule has 7 nitrogen and oxygen atoms in total. The van der Waals surface area contributed by atoms with Crippen LogP contribution in [-0.2, 0) is 0 Å². The Kier molecular flexibility index (Phi) is 11.8. The molecule has 2 heterocycles. The molecule has 3 rings (SSSR count). The summed E-state index contributed by atoms with van der Waals surface area (Å²) in [4.78, 5) is 20.0. The summed E-state index contributed by atoms with van der Waals surface area (Å²) in [7, 11) is 2.34. The summed E-state index contributed by atoms with van der Waals surface area (Å²) >= 11 is 0. The van der Waals surface area contributed by atoms with Crippen LogP contribution in [-0.4, -0.2) is 68.7 Å². The Morgan fingerprint density at radius 1 is 0.733 bits per heavy atom. The minimum Gasteiger partial charge on any atom is -0.349 e. The van der Waals surface area contributed by atoms with E-state index in [1.54, 1.807) is 0 Å². The second-order valence-corrected chi connectivity index (χ2v) is 19.9. The van der Waals surface area contributed by atoms with Crippen molar-refractivity contribution in [1.82, 2.24) is 25.2 Å². The Bertz CT molecular complexity index is 1070. The third-order valence-electron chi connectivity index (χ3n) is 9.84. The summed E-state index contributed by atoms with van der Waals surface area (Å²) in [6.45, 7) is 34.8. The standard InChI is InChI=1S/C38H73N7/c1-28-39-31(42-38(13,14)26-33(2,3)4)41-32(40-28)45(30-22-34(5,6)27-35(7,8)23-30)21-19-17-16-18-20-44(15)29-24-36(9,10)43-37(11,12)25-29/h29-30,43H,16-27H2,1-15H3,(H,39,40,41,42). The van der Waals surface area contributed by atoms with Crippen molar-refractivity contribution in [2.45, 2.75) is 190 Å². The molecule has 0 amide bonds. The summed E-state index contributed by atoms with van der Waals surface area (Å²) in [6, 6.07) is 1.08. The SMILES string of the molecule is Cc1nc(NC(C)(C)CC(C)(C)C)nc(N(CCCCCCN(C)C2CC(C)(C)NC(C)(C)C2)C2CC(C)(C)CC(C)(C)C2)n1. The zero-order valence-electron chi connectivity index (χ0n) is 32.4. The molecule has 0 spiro atoms. The predicted molar refractivity (Wildman–Crippen MR) is 194 cm³/mol. The topological polar surface area (TPSA) is 69.2 Å². The molecule has 0 radical (unpaired) electrons. The number of rotatable bonds is 13. The van der Waals surface area contributed by atoms with E-state index in [4.69, 9.17) is 15.0 Å². The number of nitrogens with zero attached hydrogens (tertiary/aromatic N) is 5. The normalized spacial score (nSPS) is 22.0. The van der Waals surface area contributed by atoms with Gasteiger partial charge in [0.2, 0.25) is 11.9 Å². The van der Waals surface area contributed by atoms with Crippen LogP contribution in [0.3, 0.4) is 0 Å². The summed E-state index contributed by atoms with van der Waals surface area (Å²) < 4.78 is 0. The van der Waals surface area contributed by atoms with Gasteiger partial charge in [-0.25, -0.2) is 0 Å². The first-order chi connectivity index (χ1) is 20.4. The van der Waals surface area contributed by atoms with Crippen molar-refractivity contribution in [3.05, 3.63) is 5.82 Å². The van der Waals surface area contributed by atoms with Crippen LogP contribution >= 0.6 is 0 Å². The number of piperidine rings is 1. The molecule has 1 saturated heterocycles. The van der Waals surface area contributed by atoms with Crippen molar-refractivity contribution >= 4 is 11.9 Å². The predicted octanol–water partition coefficient (Wildman–Crippen LogP) is 9.02. The van der Waals surface area contributed by atoms with Gasteiger partial charge in [0.05, 0.1) is 0 Å². The Hall–Kier alpha value is -1.47. The van der Waals surface area contributed by atoms with Gasteiger partial charge in [-0.1, -0.05) is 61.3 Å². The number of anilines is 2. The van der Waals surface area contributed by atoms with E-state index in [9.17, 15) is 0 Å². The maximum atomic E-state index is 5.11. The Morgan fingerprint density at radius 3 is 1.80 bits per heavy atom. The van der Waals surface area contributed by atoms with Gasteiger partial charge < -0.3 is 20.4 Å². The lowest BCUT2D eigenvalue weighted by Crippen LogP contribution is -2.61. The van der Waals surface area contributed by atoms with Gasteiger partial charge >= 0.3 is 0 Å². The molecule has 2 fully saturated rings. The van der Waals surface area contributed by atoms with E-state index in [0.717, 1.165) is 31.2 Å². The van der Waals surface area contributed by atoms with Crippen molar-refractivity contribution in [1.29, 1.82) is 0 Å². The summed E-state index contributed by atoms with van der Waals surface area (Å²) in [6.07, 6.45) is 12.0. The highest BCUT2D eigenvalue weighted by Gasteiger charge is 2.42. The first-order valence-corrected chi connectivity index (χ1v) is 18.1. The van der Waals surface area contributed by atoms with Crippen LogP contribution in [0.4, 0.5) is 11.9 Å². The number of hydrogen-bond acceptors (Lipinski definition) is 7. The molecule has 1 aliphatic carbocycles. The Balaban J connectivity index is 1.69. The van der Waals surface area contributed by atoms with Crippen LogP contribution in [0.5, 0.6) is 0 Å². The molecule has 2 N–H and O–H groups in total. The molecule has 7 heteroatoms. The molecule has 1 saturated carbocycles. The smallest absolute Gasteiger partial charge is 0.230 e. The van der Waals surface area contributed by atoms with E-state index in [2.05, 4.69) is 117 Å². The molecule has 0 unspecified atom stereocenters. The first-order valence-electron chi connectivity index (χ1n) is 18.1. The van der Waals surface area contributed by atoms with Crippen molar-refractivity contribution < 1.29 is 0 Å². The van der Waals surface area contributed by atoms with Gasteiger partial charge in [-0.2, -0.15) is 15.0 Å². The minimum atomic E-state index is -0.115. The van der Waals surface area contributed by atoms with Gasteiger partial charge in [0.1, 0.15) is 5.82 Å². The number of unbranched alkanes of at least 4 members (excludes halogenated alkanes) is 3. The maximum absolute atomic E-state index is 5.11. The maximum Gasteiger partial charge on any atom is 0.230 e. The quantitative estimate of drug-likeness (QED) is 0.212. The van der Waals surface area contributed by atoms with E-state index < -0.39 is 0 Å². The molecule has 0 atom stereocenters. The van der Waals surface area contributed by atoms with Crippen molar-refractivity contribution in [2.24, 2.45) is 16.2 Å². The molecule has 1 aliphatic heterocycles. The zero-order chi connectivity index (χ0) is 34.1. The summed E-state index contributed by atoms with van der Waals surface area (Å²) in [5.41, 5.74) is 1.07. The van der Waals surface area contributed by atoms with E-state index in [1.807, 2.05) is 6.92 Å². The lowest BCUT2D eigenvalue weighted by atomic mass is 9.63. The highest BCUT2D eigenvalue weighted by molar-refractivity contribution is 5.40. The first kappa shape index (κ1) is 38.0. The monoisotopic (exact) mass is 628 g/mol. The highest BCUT2D eigenvalue weighted by atomic mass is 15.3. The fourth-order valence-corrected chi connectivity index (χ4v) is 9.54. The van der Waals surface area contributed by atoms with Gasteiger partial charge in [-0.15, -0.1) is 0 Å². The molecule has 1 aromatic rings. The molecule has 260 valence electrons. The van der Waals surface area contributed by atoms with Crippen LogP contribution < -0.4 is 15.5 Å². The molecule has 1 aromatic heterocycles. The van der Waals surface area contributed by atoms with E-state index in [1.165, 1.54) is 57.9 Å². The van der Waals surface area contributed by atoms with Crippen LogP contribution in [0.25, 0.3) is 0 Å². The number of aromatic nitrogens is 3. The minimum absolute atomic E-state index is 0.115. The number of aryl methyl sites for hydroxylation is 1. The molecular formula is C38H73N7. The molecule has 0 aromatic carbocycles. The van der Waals surface area contributed by atoms with Gasteiger partial charge in [0, 0.05) is 35.2 Å². The Morgan fingerprint density at radius 2 is 1.27 bits per heavy atom. The van der Waals surface area contributed by atoms with Gasteiger partial charge in [0.25, 0.3) is 0 Å². The van der Waals surface area contributed by atoms with Crippen molar-refractivity contribution in [3.8, 4) is 0 Å². The highest BCUT2D eigenvalue weighted by Crippen LogP contribution is 2.47. The third-order valence-corrected chi connectivity index (χ3v) is 9.84. The van der Waals surface area contributed by atoms with Crippen LogP contribution in [0.15, 0.2) is 0 Å². The number of hydrogen-bond donors (Lipinski definition) is 2. The summed E-state index contributed by atoms with van der Waals surface area (Å²) in [5.74, 6) is 2.35. The largest absolute Gasteiger partial charge is 0.349 e. The van der Waals surface area contributed by atoms with Crippen LogP contribution in [0.1, 0.15) is 160 Å². The molecular weight excluding hydrogens is 554 g/mol. The van der Waals surface area contributed by atoms with Crippen LogP contribution in [0, 0.1) is 23.2 Å². The fourth-order valence-electron chi connectivity index (χ4n) is 9.54. The van der Waals surface area contributed by atoms with E-state index in [0.29, 0.717) is 28.9 Å². The van der Waals surface area contributed by atoms with Gasteiger partial charge in [-0.05, 0) is 130 Å². The van der Waals surface area contributed by atoms with E-state index in [-0.39, 0.29) is 22.0 Å². The average Bonchev–Trinajstić information content (AvgIpc) is 2.76. The lowest BCUT2D eigenvalue weighted by Gasteiger charge is -2.49. The zero-order valence-corrected chi connectivity index (χ0v) is 32.4.